The van der Waals surface area contributed by atoms with Gasteiger partial charge in [-0.1, -0.05) is 12.5 Å². The van der Waals surface area contributed by atoms with Gasteiger partial charge < -0.3 is 10.1 Å². The molecule has 0 bridgehead atoms. The number of nitrogens with one attached hydrogen (secondary N) is 1. The lowest BCUT2D eigenvalue weighted by Crippen LogP contribution is -2.23. The average Bonchev–Trinajstić information content (AvgIpc) is 2.34. The SMILES string of the molecule is C=C(C)CC(NCCC)c1cc(OC)ncn1. The molecule has 1 aromatic heterocycles. The van der Waals surface area contributed by atoms with Gasteiger partial charge in [0.2, 0.25) is 5.88 Å². The van der Waals surface area contributed by atoms with Crippen LogP contribution >= 0.6 is 0 Å². The highest BCUT2D eigenvalue weighted by molar-refractivity contribution is 5.18. The quantitative estimate of drug-likeness (QED) is 0.738. The molecule has 4 heteroatoms. The third kappa shape index (κ3) is 4.53. The number of aromatic nitrogens is 2. The molecule has 0 aliphatic rings. The Labute approximate surface area is 103 Å². The molecule has 0 aliphatic heterocycles. The Hall–Kier alpha value is -1.42. The smallest absolute Gasteiger partial charge is 0.216 e. The van der Waals surface area contributed by atoms with Gasteiger partial charge in [0.25, 0.3) is 0 Å². The molecule has 0 radical (unpaired) electrons. The minimum Gasteiger partial charge on any atom is -0.481 e. The third-order valence-corrected chi connectivity index (χ3v) is 2.42. The van der Waals surface area contributed by atoms with Crippen molar-refractivity contribution in [3.63, 3.8) is 0 Å². The maximum absolute atomic E-state index is 5.11. The van der Waals surface area contributed by atoms with Crippen LogP contribution in [0.3, 0.4) is 0 Å². The normalized spacial score (nSPS) is 12.2. The van der Waals surface area contributed by atoms with Gasteiger partial charge >= 0.3 is 0 Å². The van der Waals surface area contributed by atoms with Crippen LogP contribution in [0.25, 0.3) is 0 Å². The van der Waals surface area contributed by atoms with Gasteiger partial charge in [0.1, 0.15) is 6.33 Å². The van der Waals surface area contributed by atoms with Gasteiger partial charge in [0.05, 0.1) is 18.8 Å². The fourth-order valence-electron chi connectivity index (χ4n) is 1.60. The second-order valence-corrected chi connectivity index (χ2v) is 4.15. The minimum atomic E-state index is 0.185. The van der Waals surface area contributed by atoms with Crippen molar-refractivity contribution in [1.29, 1.82) is 0 Å². The summed E-state index contributed by atoms with van der Waals surface area (Å²) in [6, 6.07) is 2.06. The summed E-state index contributed by atoms with van der Waals surface area (Å²) < 4.78 is 5.11. The van der Waals surface area contributed by atoms with E-state index in [-0.39, 0.29) is 6.04 Å². The molecule has 1 unspecified atom stereocenters. The number of hydrogen-bond acceptors (Lipinski definition) is 4. The highest BCUT2D eigenvalue weighted by Gasteiger charge is 2.13. The van der Waals surface area contributed by atoms with Crippen molar-refractivity contribution in [3.8, 4) is 5.88 Å². The van der Waals surface area contributed by atoms with Gasteiger partial charge in [-0.25, -0.2) is 9.97 Å². The number of rotatable bonds is 7. The molecule has 0 saturated carbocycles. The molecular formula is C13H21N3O. The Morgan fingerprint density at radius 3 is 2.88 bits per heavy atom. The molecule has 0 aromatic carbocycles. The van der Waals surface area contributed by atoms with Crippen LogP contribution in [0.15, 0.2) is 24.5 Å². The predicted octanol–water partition coefficient (Wildman–Crippen LogP) is 2.49. The second-order valence-electron chi connectivity index (χ2n) is 4.15. The van der Waals surface area contributed by atoms with E-state index in [4.69, 9.17) is 4.74 Å². The van der Waals surface area contributed by atoms with Crippen molar-refractivity contribution in [2.75, 3.05) is 13.7 Å². The lowest BCUT2D eigenvalue weighted by molar-refractivity contribution is 0.393. The number of nitrogens with zero attached hydrogens (tertiary/aromatic N) is 2. The molecule has 1 aromatic rings. The summed E-state index contributed by atoms with van der Waals surface area (Å²) in [4.78, 5) is 8.32. The molecule has 1 atom stereocenters. The molecular weight excluding hydrogens is 214 g/mol. The fourth-order valence-corrected chi connectivity index (χ4v) is 1.60. The summed E-state index contributed by atoms with van der Waals surface area (Å²) in [5, 5.41) is 3.46. The van der Waals surface area contributed by atoms with Gasteiger partial charge in [-0.2, -0.15) is 0 Å². The monoisotopic (exact) mass is 235 g/mol. The van der Waals surface area contributed by atoms with Crippen molar-refractivity contribution < 1.29 is 4.74 Å². The molecule has 0 amide bonds. The maximum atomic E-state index is 5.11. The van der Waals surface area contributed by atoms with E-state index in [1.165, 1.54) is 6.33 Å². The molecule has 17 heavy (non-hydrogen) atoms. The van der Waals surface area contributed by atoms with Gasteiger partial charge in [-0.15, -0.1) is 6.58 Å². The van der Waals surface area contributed by atoms with Crippen LogP contribution in [0, 0.1) is 0 Å². The predicted molar refractivity (Wildman–Crippen MR) is 69.0 cm³/mol. The number of hydrogen-bond donors (Lipinski definition) is 1. The largest absolute Gasteiger partial charge is 0.481 e. The van der Waals surface area contributed by atoms with Crippen molar-refractivity contribution >= 4 is 0 Å². The highest BCUT2D eigenvalue weighted by atomic mass is 16.5. The summed E-state index contributed by atoms with van der Waals surface area (Å²) in [5.41, 5.74) is 2.09. The standard InChI is InChI=1S/C13H21N3O/c1-5-6-14-11(7-10(2)3)12-8-13(17-4)16-9-15-12/h8-9,11,14H,2,5-7H2,1,3-4H3. The van der Waals surface area contributed by atoms with Crippen molar-refractivity contribution in [2.45, 2.75) is 32.7 Å². The minimum absolute atomic E-state index is 0.185. The zero-order valence-electron chi connectivity index (χ0n) is 10.9. The van der Waals surface area contributed by atoms with E-state index < -0.39 is 0 Å². The zero-order valence-corrected chi connectivity index (χ0v) is 10.9. The van der Waals surface area contributed by atoms with Gasteiger partial charge in [-0.3, -0.25) is 0 Å². The van der Waals surface area contributed by atoms with Crippen molar-refractivity contribution in [2.24, 2.45) is 0 Å². The van der Waals surface area contributed by atoms with Crippen LogP contribution in [-0.4, -0.2) is 23.6 Å². The van der Waals surface area contributed by atoms with Crippen LogP contribution in [0.4, 0.5) is 0 Å². The van der Waals surface area contributed by atoms with E-state index in [1.54, 1.807) is 7.11 Å². The first-order chi connectivity index (χ1) is 8.17. The van der Waals surface area contributed by atoms with Gasteiger partial charge in [0, 0.05) is 6.07 Å². The van der Waals surface area contributed by atoms with E-state index in [1.807, 2.05) is 13.0 Å². The Kier molecular flexibility index (Phi) is 5.63. The summed E-state index contributed by atoms with van der Waals surface area (Å²) in [5.74, 6) is 0.597. The van der Waals surface area contributed by atoms with Crippen molar-refractivity contribution in [1.82, 2.24) is 15.3 Å². The summed E-state index contributed by atoms with van der Waals surface area (Å²) in [6.07, 6.45) is 3.50. The van der Waals surface area contributed by atoms with E-state index in [0.29, 0.717) is 5.88 Å². The first-order valence-corrected chi connectivity index (χ1v) is 5.91. The van der Waals surface area contributed by atoms with Crippen LogP contribution in [0.2, 0.25) is 0 Å². The Morgan fingerprint density at radius 2 is 2.29 bits per heavy atom. The van der Waals surface area contributed by atoms with Crippen LogP contribution in [0.1, 0.15) is 38.4 Å². The van der Waals surface area contributed by atoms with E-state index in [0.717, 1.165) is 30.7 Å². The van der Waals surface area contributed by atoms with Gasteiger partial charge in [-0.05, 0) is 26.3 Å². The molecule has 1 rings (SSSR count). The van der Waals surface area contributed by atoms with Crippen LogP contribution in [0.5, 0.6) is 5.88 Å². The first-order valence-electron chi connectivity index (χ1n) is 5.91. The van der Waals surface area contributed by atoms with Gasteiger partial charge in [0.15, 0.2) is 0 Å². The number of ether oxygens (including phenoxy) is 1. The van der Waals surface area contributed by atoms with Crippen LogP contribution < -0.4 is 10.1 Å². The lowest BCUT2D eigenvalue weighted by atomic mass is 10.1. The topological polar surface area (TPSA) is 47.0 Å². The number of methoxy groups -OCH3 is 1. The Morgan fingerprint density at radius 1 is 1.53 bits per heavy atom. The van der Waals surface area contributed by atoms with Crippen LogP contribution in [-0.2, 0) is 0 Å². The summed E-state index contributed by atoms with van der Waals surface area (Å²) in [7, 11) is 1.61. The first kappa shape index (κ1) is 13.6. The molecule has 1 N–H and O–H groups in total. The highest BCUT2D eigenvalue weighted by Crippen LogP contribution is 2.20. The zero-order chi connectivity index (χ0) is 12.7. The molecule has 0 fully saturated rings. The lowest BCUT2D eigenvalue weighted by Gasteiger charge is -2.18. The van der Waals surface area contributed by atoms with E-state index >= 15 is 0 Å². The Bertz CT molecular complexity index is 365. The summed E-state index contributed by atoms with van der Waals surface area (Å²) in [6.45, 7) is 9.09. The molecule has 0 aliphatic carbocycles. The van der Waals surface area contributed by atoms with Crippen molar-refractivity contribution in [3.05, 3.63) is 30.2 Å². The second kappa shape index (κ2) is 7.01. The fraction of sp³-hybridized carbons (Fsp3) is 0.538. The molecule has 0 saturated heterocycles. The third-order valence-electron chi connectivity index (χ3n) is 2.42. The molecule has 1 heterocycles. The molecule has 4 nitrogen and oxygen atoms in total. The molecule has 0 spiro atoms. The average molecular weight is 235 g/mol. The molecule has 94 valence electrons. The summed E-state index contributed by atoms with van der Waals surface area (Å²) >= 11 is 0. The van der Waals surface area contributed by atoms with E-state index in [9.17, 15) is 0 Å². The van der Waals surface area contributed by atoms with E-state index in [2.05, 4.69) is 28.8 Å². The maximum Gasteiger partial charge on any atom is 0.216 e. The Balaban J connectivity index is 2.82.